The summed E-state index contributed by atoms with van der Waals surface area (Å²) in [6, 6.07) is 14.2. The molecule has 2 aromatic carbocycles. The van der Waals surface area contributed by atoms with E-state index < -0.39 is 16.1 Å². The van der Waals surface area contributed by atoms with E-state index in [2.05, 4.69) is 36.9 Å². The molecule has 1 amide bonds. The van der Waals surface area contributed by atoms with Crippen LogP contribution in [0.25, 0.3) is 0 Å². The molecule has 0 aliphatic carbocycles. The first kappa shape index (κ1) is 19.0. The highest BCUT2D eigenvalue weighted by Gasteiger charge is 2.50. The standard InChI is InChI=1S/C21H25N3O3S/c1-16-8-9-17(2)19(14-16)22-10-12-23(13-11-22)21(25)20-15-24(20)28(26,27)18-6-4-3-5-7-18/h3-9,14,20H,10-13,15H2,1-2H3/t20?,24-/m1/s1. The Kier molecular flexibility index (Phi) is 4.89. The number of hydrogen-bond acceptors (Lipinski definition) is 4. The Hall–Kier alpha value is -2.38. The third kappa shape index (κ3) is 3.52. The molecular formula is C21H25N3O3S. The zero-order valence-electron chi connectivity index (χ0n) is 16.2. The number of anilines is 1. The molecule has 2 aliphatic rings. The molecule has 2 fully saturated rings. The number of amides is 1. The van der Waals surface area contributed by atoms with Gasteiger partial charge in [-0.15, -0.1) is 0 Å². The number of hydrogen-bond donors (Lipinski definition) is 0. The minimum atomic E-state index is -3.59. The maximum Gasteiger partial charge on any atom is 0.243 e. The third-order valence-corrected chi connectivity index (χ3v) is 7.39. The molecule has 0 spiro atoms. The Morgan fingerprint density at radius 2 is 1.64 bits per heavy atom. The fraction of sp³-hybridized carbons (Fsp3) is 0.381. The van der Waals surface area contributed by atoms with Gasteiger partial charge in [0.15, 0.2) is 0 Å². The van der Waals surface area contributed by atoms with Crippen LogP contribution in [0.4, 0.5) is 5.69 Å². The molecule has 0 saturated carbocycles. The van der Waals surface area contributed by atoms with Crippen LogP contribution in [-0.4, -0.2) is 62.3 Å². The summed E-state index contributed by atoms with van der Waals surface area (Å²) in [5, 5.41) is 0. The molecule has 4 rings (SSSR count). The van der Waals surface area contributed by atoms with Crippen molar-refractivity contribution in [1.29, 1.82) is 0 Å². The predicted molar refractivity (Wildman–Crippen MR) is 109 cm³/mol. The minimum absolute atomic E-state index is 0.0832. The first-order valence-corrected chi connectivity index (χ1v) is 11.0. The summed E-state index contributed by atoms with van der Waals surface area (Å²) in [4.78, 5) is 17.2. The summed E-state index contributed by atoms with van der Waals surface area (Å²) >= 11 is 0. The molecule has 1 unspecified atom stereocenters. The minimum Gasteiger partial charge on any atom is -0.368 e. The van der Waals surface area contributed by atoms with Crippen LogP contribution in [0.15, 0.2) is 53.4 Å². The van der Waals surface area contributed by atoms with Crippen LogP contribution in [0.3, 0.4) is 0 Å². The van der Waals surface area contributed by atoms with Crippen molar-refractivity contribution in [2.75, 3.05) is 37.6 Å². The molecule has 2 atom stereocenters. The predicted octanol–water partition coefficient (Wildman–Crippen LogP) is 2.03. The fourth-order valence-corrected chi connectivity index (χ4v) is 5.29. The topological polar surface area (TPSA) is 60.7 Å². The number of carbonyl (C=O) groups is 1. The van der Waals surface area contributed by atoms with Crippen molar-refractivity contribution < 1.29 is 13.2 Å². The normalized spacial score (nSPS) is 22.2. The molecule has 2 saturated heterocycles. The summed E-state index contributed by atoms with van der Waals surface area (Å²) in [6.45, 7) is 7.19. The van der Waals surface area contributed by atoms with E-state index in [1.165, 1.54) is 21.1 Å². The van der Waals surface area contributed by atoms with Crippen molar-refractivity contribution in [1.82, 2.24) is 9.21 Å². The molecule has 148 valence electrons. The van der Waals surface area contributed by atoms with Crippen molar-refractivity contribution in [2.45, 2.75) is 24.8 Å². The highest BCUT2D eigenvalue weighted by Crippen LogP contribution is 2.30. The lowest BCUT2D eigenvalue weighted by molar-refractivity contribution is -0.131. The number of carbonyl (C=O) groups excluding carboxylic acids is 1. The maximum atomic E-state index is 12.8. The van der Waals surface area contributed by atoms with E-state index in [0.717, 1.165) is 13.1 Å². The summed E-state index contributed by atoms with van der Waals surface area (Å²) in [5.41, 5.74) is 3.67. The molecule has 6 nitrogen and oxygen atoms in total. The van der Waals surface area contributed by atoms with Gasteiger partial charge < -0.3 is 9.80 Å². The van der Waals surface area contributed by atoms with Gasteiger partial charge in [-0.3, -0.25) is 4.79 Å². The lowest BCUT2D eigenvalue weighted by atomic mass is 10.1. The zero-order chi connectivity index (χ0) is 19.9. The molecule has 0 N–H and O–H groups in total. The smallest absolute Gasteiger partial charge is 0.243 e. The van der Waals surface area contributed by atoms with E-state index in [1.807, 2.05) is 0 Å². The molecule has 2 heterocycles. The summed E-state index contributed by atoms with van der Waals surface area (Å²) < 4.78 is 26.6. The number of sulfonamides is 1. The maximum absolute atomic E-state index is 12.8. The molecular weight excluding hydrogens is 374 g/mol. The second kappa shape index (κ2) is 7.22. The van der Waals surface area contributed by atoms with Gasteiger partial charge >= 0.3 is 0 Å². The second-order valence-electron chi connectivity index (χ2n) is 7.51. The van der Waals surface area contributed by atoms with E-state index in [4.69, 9.17) is 0 Å². The number of aryl methyl sites for hydroxylation is 2. The van der Waals surface area contributed by atoms with E-state index >= 15 is 0 Å². The zero-order valence-corrected chi connectivity index (χ0v) is 17.0. The second-order valence-corrected chi connectivity index (χ2v) is 9.40. The van der Waals surface area contributed by atoms with Crippen LogP contribution in [0.2, 0.25) is 0 Å². The SMILES string of the molecule is Cc1ccc(C)c(N2CCN(C(=O)C3C[N@@]3S(=O)(=O)c3ccccc3)CC2)c1. The Balaban J connectivity index is 1.38. The molecule has 28 heavy (non-hydrogen) atoms. The summed E-state index contributed by atoms with van der Waals surface area (Å²) in [7, 11) is -3.59. The Morgan fingerprint density at radius 3 is 2.32 bits per heavy atom. The van der Waals surface area contributed by atoms with E-state index in [0.29, 0.717) is 13.1 Å². The largest absolute Gasteiger partial charge is 0.368 e. The van der Waals surface area contributed by atoms with Crippen LogP contribution < -0.4 is 4.90 Å². The summed E-state index contributed by atoms with van der Waals surface area (Å²) in [5.74, 6) is -0.0832. The quantitative estimate of drug-likeness (QED) is 0.738. The Bertz CT molecular complexity index is 983. The molecule has 0 bridgehead atoms. The van der Waals surface area contributed by atoms with Gasteiger partial charge in [-0.1, -0.05) is 30.3 Å². The van der Waals surface area contributed by atoms with Gasteiger partial charge in [-0.05, 0) is 43.2 Å². The number of nitrogens with zero attached hydrogens (tertiary/aromatic N) is 3. The number of benzene rings is 2. The van der Waals surface area contributed by atoms with Gasteiger partial charge in [0.25, 0.3) is 0 Å². The first-order chi connectivity index (χ1) is 13.4. The average molecular weight is 400 g/mol. The van der Waals surface area contributed by atoms with E-state index in [-0.39, 0.29) is 17.3 Å². The van der Waals surface area contributed by atoms with Crippen molar-refractivity contribution in [3.8, 4) is 0 Å². The van der Waals surface area contributed by atoms with Gasteiger partial charge in [-0.2, -0.15) is 4.31 Å². The third-order valence-electron chi connectivity index (χ3n) is 5.50. The van der Waals surface area contributed by atoms with Crippen molar-refractivity contribution >= 4 is 21.6 Å². The van der Waals surface area contributed by atoms with Gasteiger partial charge in [0.05, 0.1) is 4.90 Å². The van der Waals surface area contributed by atoms with Gasteiger partial charge in [0.1, 0.15) is 6.04 Å². The lowest BCUT2D eigenvalue weighted by Crippen LogP contribution is -2.50. The van der Waals surface area contributed by atoms with Crippen molar-refractivity contribution in [3.05, 3.63) is 59.7 Å². The van der Waals surface area contributed by atoms with Crippen LogP contribution in [-0.2, 0) is 14.8 Å². The number of piperazine rings is 1. The highest BCUT2D eigenvalue weighted by molar-refractivity contribution is 7.89. The van der Waals surface area contributed by atoms with Gasteiger partial charge in [-0.25, -0.2) is 8.42 Å². The van der Waals surface area contributed by atoms with E-state index in [9.17, 15) is 13.2 Å². The van der Waals surface area contributed by atoms with Crippen LogP contribution >= 0.6 is 0 Å². The van der Waals surface area contributed by atoms with Crippen LogP contribution in [0.1, 0.15) is 11.1 Å². The first-order valence-electron chi connectivity index (χ1n) is 9.56. The van der Waals surface area contributed by atoms with Crippen LogP contribution in [0, 0.1) is 13.8 Å². The van der Waals surface area contributed by atoms with Gasteiger partial charge in [0.2, 0.25) is 15.9 Å². The Labute approximate surface area is 166 Å². The monoisotopic (exact) mass is 399 g/mol. The molecule has 7 heteroatoms. The highest BCUT2D eigenvalue weighted by atomic mass is 32.2. The number of rotatable bonds is 4. The Morgan fingerprint density at radius 1 is 0.964 bits per heavy atom. The van der Waals surface area contributed by atoms with Gasteiger partial charge in [0, 0.05) is 38.4 Å². The lowest BCUT2D eigenvalue weighted by Gasteiger charge is -2.37. The molecule has 2 aromatic rings. The van der Waals surface area contributed by atoms with Crippen molar-refractivity contribution in [3.63, 3.8) is 0 Å². The van der Waals surface area contributed by atoms with Crippen molar-refractivity contribution in [2.24, 2.45) is 0 Å². The molecule has 0 aromatic heterocycles. The average Bonchev–Trinajstić information content (AvgIpc) is 3.52. The fourth-order valence-electron chi connectivity index (χ4n) is 3.76. The molecule has 2 aliphatic heterocycles. The van der Waals surface area contributed by atoms with Crippen LogP contribution in [0.5, 0.6) is 0 Å². The van der Waals surface area contributed by atoms with E-state index in [1.54, 1.807) is 35.2 Å². The molecule has 0 radical (unpaired) electrons. The summed E-state index contributed by atoms with van der Waals surface area (Å²) in [6.07, 6.45) is 0.